The van der Waals surface area contributed by atoms with Gasteiger partial charge in [0, 0.05) is 12.2 Å². The van der Waals surface area contributed by atoms with Crippen molar-refractivity contribution in [3.8, 4) is 16.9 Å². The average molecular weight is 513 g/mol. The normalized spacial score (nSPS) is 13.9. The third-order valence-electron chi connectivity index (χ3n) is 6.37. The van der Waals surface area contributed by atoms with Crippen LogP contribution in [0.5, 0.6) is 5.75 Å². The number of nitrogens with zero attached hydrogens (tertiary/aromatic N) is 2. The predicted molar refractivity (Wildman–Crippen MR) is 133 cm³/mol. The zero-order valence-electron chi connectivity index (χ0n) is 20.5. The SMILES string of the molecule is CN(C)[C@H](CC(=O)O)C(=O)N1CCc2cc(OCc3ccc(-c4ccccc4)c(C(F)(F)F)c3)ccc21. The second-order valence-corrected chi connectivity index (χ2v) is 9.14. The van der Waals surface area contributed by atoms with Gasteiger partial charge in [-0.1, -0.05) is 42.5 Å². The number of fused-ring (bicyclic) bond motifs is 1. The first-order valence-corrected chi connectivity index (χ1v) is 11.8. The van der Waals surface area contributed by atoms with Gasteiger partial charge >= 0.3 is 12.1 Å². The van der Waals surface area contributed by atoms with Crippen LogP contribution in [0.25, 0.3) is 11.1 Å². The molecule has 0 unspecified atom stereocenters. The maximum Gasteiger partial charge on any atom is 0.417 e. The van der Waals surface area contributed by atoms with E-state index in [0.717, 1.165) is 11.6 Å². The van der Waals surface area contributed by atoms with Crippen molar-refractivity contribution in [2.24, 2.45) is 0 Å². The molecule has 37 heavy (non-hydrogen) atoms. The van der Waals surface area contributed by atoms with E-state index in [4.69, 9.17) is 9.84 Å². The van der Waals surface area contributed by atoms with Crippen molar-refractivity contribution in [1.82, 2.24) is 4.90 Å². The molecule has 1 aliphatic rings. The average Bonchev–Trinajstić information content (AvgIpc) is 3.28. The summed E-state index contributed by atoms with van der Waals surface area (Å²) < 4.78 is 47.2. The van der Waals surface area contributed by atoms with Gasteiger partial charge in [-0.3, -0.25) is 14.5 Å². The van der Waals surface area contributed by atoms with Crippen LogP contribution < -0.4 is 9.64 Å². The van der Waals surface area contributed by atoms with E-state index in [-0.39, 0.29) is 24.5 Å². The third-order valence-corrected chi connectivity index (χ3v) is 6.37. The predicted octanol–water partition coefficient (Wildman–Crippen LogP) is 5.25. The highest BCUT2D eigenvalue weighted by Gasteiger charge is 2.34. The number of benzene rings is 3. The lowest BCUT2D eigenvalue weighted by Crippen LogP contribution is -2.46. The number of hydrogen-bond acceptors (Lipinski definition) is 4. The van der Waals surface area contributed by atoms with E-state index in [1.807, 2.05) is 0 Å². The fourth-order valence-electron chi connectivity index (χ4n) is 4.48. The minimum atomic E-state index is -4.52. The standard InChI is InChI=1S/C28H27F3N2O4/c1-32(2)25(16-26(34)35)27(36)33-13-12-20-15-21(9-11-24(20)33)37-17-18-8-10-22(19-6-4-3-5-7-19)23(14-18)28(29,30)31/h3-11,14-15,25H,12-13,16-17H2,1-2H3,(H,34,35)/t25-/m1/s1. The van der Waals surface area contributed by atoms with Crippen molar-refractivity contribution in [3.63, 3.8) is 0 Å². The fourth-order valence-corrected chi connectivity index (χ4v) is 4.48. The molecule has 9 heteroatoms. The highest BCUT2D eigenvalue weighted by atomic mass is 19.4. The summed E-state index contributed by atoms with van der Waals surface area (Å²) in [5, 5.41) is 9.17. The van der Waals surface area contributed by atoms with Gasteiger partial charge in [0.05, 0.1) is 18.0 Å². The molecule has 0 spiro atoms. The van der Waals surface area contributed by atoms with Crippen LogP contribution in [0, 0.1) is 0 Å². The fraction of sp³-hybridized carbons (Fsp3) is 0.286. The molecule has 1 heterocycles. The first kappa shape index (κ1) is 26.2. The van der Waals surface area contributed by atoms with Crippen molar-refractivity contribution in [2.45, 2.75) is 31.7 Å². The van der Waals surface area contributed by atoms with Gasteiger partial charge in [0.2, 0.25) is 5.91 Å². The summed E-state index contributed by atoms with van der Waals surface area (Å²) in [7, 11) is 3.33. The van der Waals surface area contributed by atoms with E-state index in [1.165, 1.54) is 6.07 Å². The van der Waals surface area contributed by atoms with Gasteiger partial charge in [-0.25, -0.2) is 0 Å². The van der Waals surface area contributed by atoms with Crippen molar-refractivity contribution in [2.75, 3.05) is 25.5 Å². The lowest BCUT2D eigenvalue weighted by atomic mass is 9.97. The van der Waals surface area contributed by atoms with Gasteiger partial charge < -0.3 is 14.7 Å². The molecule has 3 aromatic rings. The summed E-state index contributed by atoms with van der Waals surface area (Å²) in [5.41, 5.74) is 1.79. The Balaban J connectivity index is 1.50. The highest BCUT2D eigenvalue weighted by Crippen LogP contribution is 2.38. The van der Waals surface area contributed by atoms with Crippen LogP contribution in [0.4, 0.5) is 18.9 Å². The van der Waals surface area contributed by atoms with E-state index in [9.17, 15) is 22.8 Å². The second kappa shape index (κ2) is 10.6. The van der Waals surface area contributed by atoms with Gasteiger partial charge in [0.15, 0.2) is 0 Å². The molecule has 0 bridgehead atoms. The van der Waals surface area contributed by atoms with Crippen LogP contribution >= 0.6 is 0 Å². The molecule has 1 amide bonds. The minimum absolute atomic E-state index is 0.0547. The number of carboxylic acids is 1. The molecule has 1 aliphatic heterocycles. The molecule has 0 aromatic heterocycles. The molecule has 1 atom stereocenters. The van der Waals surface area contributed by atoms with E-state index in [1.54, 1.807) is 78.5 Å². The van der Waals surface area contributed by atoms with Gasteiger partial charge in [0.25, 0.3) is 0 Å². The monoisotopic (exact) mass is 512 g/mol. The zero-order chi connectivity index (χ0) is 26.7. The first-order chi connectivity index (χ1) is 17.5. The van der Waals surface area contributed by atoms with Crippen LogP contribution in [0.15, 0.2) is 66.7 Å². The van der Waals surface area contributed by atoms with Crippen molar-refractivity contribution in [3.05, 3.63) is 83.4 Å². The van der Waals surface area contributed by atoms with Crippen LogP contribution in [0.1, 0.15) is 23.1 Å². The second-order valence-electron chi connectivity index (χ2n) is 9.14. The molecule has 3 aromatic carbocycles. The van der Waals surface area contributed by atoms with Crippen LogP contribution in [-0.4, -0.2) is 48.6 Å². The molecular formula is C28H27F3N2O4. The van der Waals surface area contributed by atoms with Gasteiger partial charge in [-0.15, -0.1) is 0 Å². The number of likely N-dealkylation sites (N-methyl/N-ethyl adjacent to an activating group) is 1. The Hall–Kier alpha value is -3.85. The van der Waals surface area contributed by atoms with Crippen LogP contribution in [-0.2, 0) is 28.8 Å². The lowest BCUT2D eigenvalue weighted by molar-refractivity contribution is -0.141. The maximum absolute atomic E-state index is 13.8. The smallest absolute Gasteiger partial charge is 0.417 e. The largest absolute Gasteiger partial charge is 0.489 e. The van der Waals surface area contributed by atoms with Crippen molar-refractivity contribution >= 4 is 17.6 Å². The molecule has 0 saturated carbocycles. The summed E-state index contributed by atoms with van der Waals surface area (Å²) in [5.74, 6) is -0.873. The van der Waals surface area contributed by atoms with Crippen molar-refractivity contribution in [1.29, 1.82) is 0 Å². The molecule has 1 N–H and O–H groups in total. The quantitative estimate of drug-likeness (QED) is 0.447. The maximum atomic E-state index is 13.8. The third kappa shape index (κ3) is 5.94. The Kier molecular flexibility index (Phi) is 7.54. The van der Waals surface area contributed by atoms with Crippen molar-refractivity contribution < 1.29 is 32.6 Å². The molecular weight excluding hydrogens is 485 g/mol. The van der Waals surface area contributed by atoms with E-state index in [0.29, 0.717) is 35.5 Å². The summed E-state index contributed by atoms with van der Waals surface area (Å²) in [6.45, 7) is 0.359. The Morgan fingerprint density at radius 1 is 1.05 bits per heavy atom. The number of carbonyl (C=O) groups is 2. The Labute approximate surface area is 212 Å². The zero-order valence-corrected chi connectivity index (χ0v) is 20.5. The topological polar surface area (TPSA) is 70.1 Å². The number of carboxylic acid groups (broad SMARTS) is 1. The number of alkyl halides is 3. The number of halogens is 3. The van der Waals surface area contributed by atoms with E-state index in [2.05, 4.69) is 0 Å². The Morgan fingerprint density at radius 3 is 2.43 bits per heavy atom. The number of carbonyl (C=O) groups excluding carboxylic acids is 1. The Bertz CT molecular complexity index is 1290. The molecule has 0 radical (unpaired) electrons. The molecule has 4 rings (SSSR count). The number of hydrogen-bond donors (Lipinski definition) is 1. The van der Waals surface area contributed by atoms with E-state index >= 15 is 0 Å². The Morgan fingerprint density at radius 2 is 1.78 bits per heavy atom. The molecule has 0 aliphatic carbocycles. The number of amides is 1. The van der Waals surface area contributed by atoms with Crippen LogP contribution in [0.2, 0.25) is 0 Å². The summed E-state index contributed by atoms with van der Waals surface area (Å²) in [6.07, 6.45) is -4.26. The number of anilines is 1. The summed E-state index contributed by atoms with van der Waals surface area (Å²) in [6, 6.07) is 17.0. The van der Waals surface area contributed by atoms with Gasteiger partial charge in [-0.2, -0.15) is 13.2 Å². The minimum Gasteiger partial charge on any atom is -0.489 e. The first-order valence-electron chi connectivity index (χ1n) is 11.8. The number of aliphatic carboxylic acids is 1. The molecule has 6 nitrogen and oxygen atoms in total. The summed E-state index contributed by atoms with van der Waals surface area (Å²) >= 11 is 0. The molecule has 0 fully saturated rings. The van der Waals surface area contributed by atoms with Gasteiger partial charge in [-0.05, 0) is 67.0 Å². The molecule has 194 valence electrons. The van der Waals surface area contributed by atoms with Gasteiger partial charge in [0.1, 0.15) is 12.4 Å². The molecule has 0 saturated heterocycles. The number of rotatable bonds is 8. The number of ether oxygens (including phenoxy) is 1. The highest BCUT2D eigenvalue weighted by molar-refractivity contribution is 6.00. The van der Waals surface area contributed by atoms with E-state index < -0.39 is 23.8 Å². The summed E-state index contributed by atoms with van der Waals surface area (Å²) in [4.78, 5) is 27.4. The van der Waals surface area contributed by atoms with Crippen LogP contribution in [0.3, 0.4) is 0 Å². The lowest BCUT2D eigenvalue weighted by Gasteiger charge is -2.27.